The summed E-state index contributed by atoms with van der Waals surface area (Å²) in [5.41, 5.74) is 0.941. The highest BCUT2D eigenvalue weighted by atomic mass is 79.9. The molecule has 1 N–H and O–H groups in total. The van der Waals surface area contributed by atoms with Gasteiger partial charge in [0, 0.05) is 29.2 Å². The Hall–Kier alpha value is -1.07. The number of amides is 1. The number of carbonyl (C=O) groups is 1. The maximum absolute atomic E-state index is 12.4. The van der Waals surface area contributed by atoms with Crippen molar-refractivity contribution < 1.29 is 9.53 Å². The summed E-state index contributed by atoms with van der Waals surface area (Å²) in [4.78, 5) is 14.3. The molecular weight excluding hydrogens is 320 g/mol. The number of ether oxygens (including phenoxy) is 1. The first kappa shape index (κ1) is 15.3. The van der Waals surface area contributed by atoms with Gasteiger partial charge in [0.1, 0.15) is 5.75 Å². The van der Waals surface area contributed by atoms with Gasteiger partial charge in [0.15, 0.2) is 0 Å². The second-order valence-corrected chi connectivity index (χ2v) is 5.99. The van der Waals surface area contributed by atoms with Crippen LogP contribution in [-0.4, -0.2) is 44.1 Å². The lowest BCUT2D eigenvalue weighted by Crippen LogP contribution is -2.44. The second kappa shape index (κ2) is 7.09. The number of piperidine rings is 1. The third-order valence-corrected chi connectivity index (χ3v) is 4.34. The van der Waals surface area contributed by atoms with Crippen molar-refractivity contribution in [3.05, 3.63) is 28.2 Å². The molecule has 0 aromatic heterocycles. The van der Waals surface area contributed by atoms with Crippen LogP contribution in [0, 0.1) is 0 Å². The molecule has 1 heterocycles. The maximum Gasteiger partial charge on any atom is 0.227 e. The fourth-order valence-electron chi connectivity index (χ4n) is 2.56. The van der Waals surface area contributed by atoms with E-state index in [9.17, 15) is 4.79 Å². The van der Waals surface area contributed by atoms with Crippen LogP contribution in [0.3, 0.4) is 0 Å². The van der Waals surface area contributed by atoms with Gasteiger partial charge in [0.2, 0.25) is 5.91 Å². The molecule has 1 amide bonds. The fraction of sp³-hybridized carbons (Fsp3) is 0.533. The summed E-state index contributed by atoms with van der Waals surface area (Å²) >= 11 is 3.41. The summed E-state index contributed by atoms with van der Waals surface area (Å²) in [6.07, 6.45) is 2.46. The predicted molar refractivity (Wildman–Crippen MR) is 83.1 cm³/mol. The summed E-state index contributed by atoms with van der Waals surface area (Å²) < 4.78 is 6.30. The molecule has 1 saturated heterocycles. The van der Waals surface area contributed by atoms with Gasteiger partial charge in [0.25, 0.3) is 0 Å². The van der Waals surface area contributed by atoms with Gasteiger partial charge in [-0.3, -0.25) is 4.79 Å². The van der Waals surface area contributed by atoms with Crippen molar-refractivity contribution in [2.45, 2.75) is 25.3 Å². The van der Waals surface area contributed by atoms with Gasteiger partial charge in [-0.2, -0.15) is 0 Å². The van der Waals surface area contributed by atoms with E-state index in [1.165, 1.54) is 0 Å². The highest BCUT2D eigenvalue weighted by Gasteiger charge is 2.22. The largest absolute Gasteiger partial charge is 0.496 e. The monoisotopic (exact) mass is 340 g/mol. The number of nitrogens with one attached hydrogen (secondary N) is 1. The Morgan fingerprint density at radius 3 is 2.75 bits per heavy atom. The number of likely N-dealkylation sites (tertiary alicyclic amines) is 1. The third kappa shape index (κ3) is 3.73. The number of hydrogen-bond acceptors (Lipinski definition) is 3. The highest BCUT2D eigenvalue weighted by Crippen LogP contribution is 2.24. The number of halogens is 1. The van der Waals surface area contributed by atoms with Gasteiger partial charge >= 0.3 is 0 Å². The van der Waals surface area contributed by atoms with E-state index >= 15 is 0 Å². The molecule has 0 atom stereocenters. The molecule has 5 heteroatoms. The highest BCUT2D eigenvalue weighted by molar-refractivity contribution is 9.10. The van der Waals surface area contributed by atoms with E-state index in [4.69, 9.17) is 4.74 Å². The first-order valence-corrected chi connectivity index (χ1v) is 7.70. The van der Waals surface area contributed by atoms with Crippen molar-refractivity contribution in [2.75, 3.05) is 27.2 Å². The van der Waals surface area contributed by atoms with Gasteiger partial charge in [-0.05, 0) is 32.0 Å². The Bertz CT molecular complexity index is 471. The molecule has 0 radical (unpaired) electrons. The molecule has 0 spiro atoms. The van der Waals surface area contributed by atoms with Crippen molar-refractivity contribution in [3.63, 3.8) is 0 Å². The quantitative estimate of drug-likeness (QED) is 0.913. The van der Waals surface area contributed by atoms with Crippen LogP contribution in [0.5, 0.6) is 5.75 Å². The summed E-state index contributed by atoms with van der Waals surface area (Å²) in [7, 11) is 3.61. The Kier molecular flexibility index (Phi) is 5.43. The third-order valence-electron chi connectivity index (χ3n) is 3.85. The van der Waals surface area contributed by atoms with Crippen LogP contribution >= 0.6 is 15.9 Å². The van der Waals surface area contributed by atoms with Gasteiger partial charge in [0.05, 0.1) is 13.5 Å². The fourth-order valence-corrected chi connectivity index (χ4v) is 2.90. The van der Waals surface area contributed by atoms with Crippen LogP contribution < -0.4 is 10.1 Å². The van der Waals surface area contributed by atoms with E-state index < -0.39 is 0 Å². The molecule has 1 aliphatic heterocycles. The summed E-state index contributed by atoms with van der Waals surface area (Å²) in [5, 5.41) is 3.27. The van der Waals surface area contributed by atoms with Crippen LogP contribution in [0.1, 0.15) is 18.4 Å². The van der Waals surface area contributed by atoms with E-state index in [0.717, 1.165) is 41.7 Å². The minimum Gasteiger partial charge on any atom is -0.496 e. The van der Waals surface area contributed by atoms with Crippen molar-refractivity contribution in [2.24, 2.45) is 0 Å². The van der Waals surface area contributed by atoms with E-state index in [-0.39, 0.29) is 5.91 Å². The second-order valence-electron chi connectivity index (χ2n) is 5.08. The molecule has 1 aromatic rings. The Morgan fingerprint density at radius 1 is 1.45 bits per heavy atom. The molecular formula is C15H21BrN2O2. The summed E-state index contributed by atoms with van der Waals surface area (Å²) in [5.74, 6) is 0.943. The van der Waals surface area contributed by atoms with E-state index in [1.807, 2.05) is 30.1 Å². The average Bonchev–Trinajstić information content (AvgIpc) is 2.49. The molecule has 0 unspecified atom stereocenters. The van der Waals surface area contributed by atoms with Gasteiger partial charge in [-0.1, -0.05) is 22.0 Å². The zero-order valence-corrected chi connectivity index (χ0v) is 13.6. The van der Waals surface area contributed by atoms with Gasteiger partial charge in [-0.15, -0.1) is 0 Å². The molecule has 0 bridgehead atoms. The predicted octanol–water partition coefficient (Wildman–Crippen LogP) is 2.21. The smallest absolute Gasteiger partial charge is 0.227 e. The number of nitrogens with zero attached hydrogens (tertiary/aromatic N) is 1. The van der Waals surface area contributed by atoms with Crippen LogP contribution in [0.2, 0.25) is 0 Å². The van der Waals surface area contributed by atoms with Gasteiger partial charge in [-0.25, -0.2) is 0 Å². The van der Waals surface area contributed by atoms with Crippen LogP contribution in [0.15, 0.2) is 22.7 Å². The molecule has 0 aliphatic carbocycles. The Morgan fingerprint density at radius 2 is 2.15 bits per heavy atom. The average molecular weight is 341 g/mol. The van der Waals surface area contributed by atoms with Gasteiger partial charge < -0.3 is 15.0 Å². The van der Waals surface area contributed by atoms with Crippen LogP contribution in [0.4, 0.5) is 0 Å². The number of hydrogen-bond donors (Lipinski definition) is 1. The standard InChI is InChI=1S/C15H21BrN2O2/c1-17-13-5-7-18(8-6-13)15(19)9-11-3-4-12(16)10-14(11)20-2/h3-4,10,13,17H,5-9H2,1-2H3. The topological polar surface area (TPSA) is 41.6 Å². The number of rotatable bonds is 4. The molecule has 1 aromatic carbocycles. The molecule has 110 valence electrons. The zero-order valence-electron chi connectivity index (χ0n) is 12.0. The first-order chi connectivity index (χ1) is 9.63. The van der Waals surface area contributed by atoms with Crippen LogP contribution in [-0.2, 0) is 11.2 Å². The molecule has 20 heavy (non-hydrogen) atoms. The molecule has 1 fully saturated rings. The number of benzene rings is 1. The number of methoxy groups -OCH3 is 1. The lowest BCUT2D eigenvalue weighted by Gasteiger charge is -2.32. The van der Waals surface area contributed by atoms with E-state index in [0.29, 0.717) is 12.5 Å². The van der Waals surface area contributed by atoms with Crippen molar-refractivity contribution in [1.82, 2.24) is 10.2 Å². The lowest BCUT2D eigenvalue weighted by molar-refractivity contribution is -0.131. The van der Waals surface area contributed by atoms with Crippen molar-refractivity contribution in [1.29, 1.82) is 0 Å². The first-order valence-electron chi connectivity index (χ1n) is 6.91. The van der Waals surface area contributed by atoms with E-state index in [2.05, 4.69) is 21.2 Å². The lowest BCUT2D eigenvalue weighted by atomic mass is 10.0. The Balaban J connectivity index is 1.98. The summed E-state index contributed by atoms with van der Waals surface area (Å²) in [6, 6.07) is 6.33. The van der Waals surface area contributed by atoms with E-state index in [1.54, 1.807) is 7.11 Å². The SMILES string of the molecule is CNC1CCN(C(=O)Cc2ccc(Br)cc2OC)CC1. The minimum atomic E-state index is 0.181. The Labute approximate surface area is 128 Å². The normalized spacial score (nSPS) is 16.2. The maximum atomic E-state index is 12.4. The molecule has 4 nitrogen and oxygen atoms in total. The zero-order chi connectivity index (χ0) is 14.5. The van der Waals surface area contributed by atoms with Crippen LogP contribution in [0.25, 0.3) is 0 Å². The van der Waals surface area contributed by atoms with Crippen molar-refractivity contribution in [3.8, 4) is 5.75 Å². The number of carbonyl (C=O) groups excluding carboxylic acids is 1. The molecule has 1 aliphatic rings. The summed E-state index contributed by atoms with van der Waals surface area (Å²) in [6.45, 7) is 1.67. The minimum absolute atomic E-state index is 0.181. The molecule has 2 rings (SSSR count). The van der Waals surface area contributed by atoms with Crippen molar-refractivity contribution >= 4 is 21.8 Å². The molecule has 0 saturated carbocycles.